The van der Waals surface area contributed by atoms with Crippen molar-refractivity contribution in [3.05, 3.63) is 11.6 Å². The lowest BCUT2D eigenvalue weighted by atomic mass is 9.97. The van der Waals surface area contributed by atoms with Crippen LogP contribution in [0.4, 0.5) is 0 Å². The van der Waals surface area contributed by atoms with E-state index in [0.717, 1.165) is 25.5 Å². The molecule has 4 nitrogen and oxygen atoms in total. The van der Waals surface area contributed by atoms with Crippen LogP contribution in [0.3, 0.4) is 0 Å². The fourth-order valence-electron chi connectivity index (χ4n) is 2.64. The summed E-state index contributed by atoms with van der Waals surface area (Å²) < 4.78 is 0. The molecule has 2 N–H and O–H groups in total. The fraction of sp³-hybridized carbons (Fsp3) is 0.833. The topological polar surface area (TPSA) is 39.7 Å². The molecule has 23 heavy (non-hydrogen) atoms. The van der Waals surface area contributed by atoms with Gasteiger partial charge in [0.05, 0.1) is 0 Å². The third-order valence-corrected chi connectivity index (χ3v) is 4.46. The maximum Gasteiger partial charge on any atom is 0.190 e. The van der Waals surface area contributed by atoms with E-state index < -0.39 is 0 Å². The normalized spacial score (nSPS) is 15.4. The number of hydrogen-bond donors (Lipinski definition) is 2. The minimum absolute atomic E-state index is 0. The van der Waals surface area contributed by atoms with Gasteiger partial charge in [0, 0.05) is 26.2 Å². The van der Waals surface area contributed by atoms with Crippen molar-refractivity contribution >= 4 is 29.9 Å². The van der Waals surface area contributed by atoms with Gasteiger partial charge in [0.15, 0.2) is 5.96 Å². The molecule has 0 fully saturated rings. The van der Waals surface area contributed by atoms with Crippen LogP contribution in [-0.2, 0) is 0 Å². The molecule has 136 valence electrons. The molecule has 0 aliphatic heterocycles. The SMILES string of the molecule is CN=C(NCCCCN(C)C(C)C)NCCC1=CCCCC1.I. The summed E-state index contributed by atoms with van der Waals surface area (Å²) in [5.41, 5.74) is 1.62. The van der Waals surface area contributed by atoms with E-state index in [1.54, 1.807) is 5.57 Å². The van der Waals surface area contributed by atoms with Crippen LogP contribution in [0.15, 0.2) is 16.6 Å². The summed E-state index contributed by atoms with van der Waals surface area (Å²) in [5.74, 6) is 0.939. The first-order chi connectivity index (χ1) is 10.6. The Balaban J connectivity index is 0.00000484. The van der Waals surface area contributed by atoms with E-state index in [1.807, 2.05) is 7.05 Å². The summed E-state index contributed by atoms with van der Waals surface area (Å²) in [4.78, 5) is 6.69. The summed E-state index contributed by atoms with van der Waals surface area (Å²) in [6.07, 6.45) is 11.3. The minimum Gasteiger partial charge on any atom is -0.356 e. The van der Waals surface area contributed by atoms with Crippen LogP contribution in [0.25, 0.3) is 0 Å². The molecule has 0 atom stereocenters. The van der Waals surface area contributed by atoms with Crippen LogP contribution in [0.1, 0.15) is 58.8 Å². The first kappa shape index (κ1) is 22.7. The van der Waals surface area contributed by atoms with Crippen molar-refractivity contribution in [2.45, 2.75) is 64.8 Å². The zero-order valence-corrected chi connectivity index (χ0v) is 17.9. The molecule has 0 saturated carbocycles. The van der Waals surface area contributed by atoms with Crippen molar-refractivity contribution in [1.29, 1.82) is 0 Å². The van der Waals surface area contributed by atoms with Crippen LogP contribution in [0, 0.1) is 0 Å². The Bertz CT molecular complexity index is 353. The zero-order chi connectivity index (χ0) is 16.2. The number of hydrogen-bond acceptors (Lipinski definition) is 2. The van der Waals surface area contributed by atoms with Crippen molar-refractivity contribution in [2.24, 2.45) is 4.99 Å². The predicted octanol–water partition coefficient (Wildman–Crippen LogP) is 3.78. The van der Waals surface area contributed by atoms with E-state index in [9.17, 15) is 0 Å². The number of rotatable bonds is 9. The molecule has 0 radical (unpaired) electrons. The molecule has 0 unspecified atom stereocenters. The summed E-state index contributed by atoms with van der Waals surface area (Å²) in [6, 6.07) is 0.636. The van der Waals surface area contributed by atoms with E-state index in [1.165, 1.54) is 45.1 Å². The Labute approximate surface area is 160 Å². The molecule has 0 aromatic carbocycles. The molecule has 1 aliphatic carbocycles. The number of guanidine groups is 1. The van der Waals surface area contributed by atoms with Gasteiger partial charge in [0.25, 0.3) is 0 Å². The molecule has 1 rings (SSSR count). The van der Waals surface area contributed by atoms with Crippen LogP contribution in [0.5, 0.6) is 0 Å². The van der Waals surface area contributed by atoms with Crippen LogP contribution >= 0.6 is 24.0 Å². The molecular weight excluding hydrogens is 399 g/mol. The predicted molar refractivity (Wildman–Crippen MR) is 113 cm³/mol. The van der Waals surface area contributed by atoms with E-state index in [0.29, 0.717) is 6.04 Å². The lowest BCUT2D eigenvalue weighted by molar-refractivity contribution is 0.268. The van der Waals surface area contributed by atoms with Crippen molar-refractivity contribution < 1.29 is 0 Å². The molecular formula is C18H37IN4. The highest BCUT2D eigenvalue weighted by molar-refractivity contribution is 14.0. The minimum atomic E-state index is 0. The highest BCUT2D eigenvalue weighted by Gasteiger charge is 2.04. The number of nitrogens with zero attached hydrogens (tertiary/aromatic N) is 2. The summed E-state index contributed by atoms with van der Waals surface area (Å²) in [5, 5.41) is 6.83. The third kappa shape index (κ3) is 11.0. The number of nitrogens with one attached hydrogen (secondary N) is 2. The summed E-state index contributed by atoms with van der Waals surface area (Å²) in [6.45, 7) is 7.63. The summed E-state index contributed by atoms with van der Waals surface area (Å²) >= 11 is 0. The quantitative estimate of drug-likeness (QED) is 0.190. The van der Waals surface area contributed by atoms with E-state index in [-0.39, 0.29) is 24.0 Å². The molecule has 0 heterocycles. The van der Waals surface area contributed by atoms with Gasteiger partial charge in [-0.15, -0.1) is 24.0 Å². The second-order valence-corrected chi connectivity index (χ2v) is 6.57. The van der Waals surface area contributed by atoms with Gasteiger partial charge in [0.1, 0.15) is 0 Å². The molecule has 5 heteroatoms. The molecule has 0 saturated heterocycles. The average Bonchev–Trinajstić information content (AvgIpc) is 2.53. The van der Waals surface area contributed by atoms with Gasteiger partial charge >= 0.3 is 0 Å². The lowest BCUT2D eigenvalue weighted by Gasteiger charge is -2.20. The molecule has 0 spiro atoms. The first-order valence-corrected chi connectivity index (χ1v) is 8.96. The van der Waals surface area contributed by atoms with Gasteiger partial charge in [-0.2, -0.15) is 0 Å². The van der Waals surface area contributed by atoms with Crippen LogP contribution in [-0.4, -0.2) is 50.6 Å². The highest BCUT2D eigenvalue weighted by Crippen LogP contribution is 2.19. The second kappa shape index (κ2) is 14.1. The number of unbranched alkanes of at least 4 members (excludes halogenated alkanes) is 1. The van der Waals surface area contributed by atoms with Crippen molar-refractivity contribution in [1.82, 2.24) is 15.5 Å². The zero-order valence-electron chi connectivity index (χ0n) is 15.5. The molecule has 0 aromatic heterocycles. The van der Waals surface area contributed by atoms with Gasteiger partial charge in [-0.3, -0.25) is 4.99 Å². The Morgan fingerprint density at radius 3 is 2.57 bits per heavy atom. The Hall–Kier alpha value is -0.300. The van der Waals surface area contributed by atoms with Gasteiger partial charge in [-0.1, -0.05) is 11.6 Å². The van der Waals surface area contributed by atoms with E-state index >= 15 is 0 Å². The third-order valence-electron chi connectivity index (χ3n) is 4.46. The van der Waals surface area contributed by atoms with Gasteiger partial charge in [-0.05, 0) is 72.4 Å². The standard InChI is InChI=1S/C18H36N4.HI/c1-16(2)22(4)15-9-8-13-20-18(19-3)21-14-12-17-10-6-5-7-11-17;/h10,16H,5-9,11-15H2,1-4H3,(H2,19,20,21);1H. The van der Waals surface area contributed by atoms with Gasteiger partial charge in [0.2, 0.25) is 0 Å². The first-order valence-electron chi connectivity index (χ1n) is 8.96. The fourth-order valence-corrected chi connectivity index (χ4v) is 2.64. The monoisotopic (exact) mass is 436 g/mol. The lowest BCUT2D eigenvalue weighted by Crippen LogP contribution is -2.38. The number of allylic oxidation sites excluding steroid dienone is 1. The molecule has 0 aromatic rings. The second-order valence-electron chi connectivity index (χ2n) is 6.57. The van der Waals surface area contributed by atoms with Crippen molar-refractivity contribution in [3.8, 4) is 0 Å². The number of halogens is 1. The maximum absolute atomic E-state index is 4.30. The number of aliphatic imine (C=N–C) groups is 1. The smallest absolute Gasteiger partial charge is 0.190 e. The summed E-state index contributed by atoms with van der Waals surface area (Å²) in [7, 11) is 4.04. The Morgan fingerprint density at radius 2 is 1.96 bits per heavy atom. The average molecular weight is 436 g/mol. The van der Waals surface area contributed by atoms with Crippen LogP contribution in [0.2, 0.25) is 0 Å². The van der Waals surface area contributed by atoms with Crippen molar-refractivity contribution in [3.63, 3.8) is 0 Å². The van der Waals surface area contributed by atoms with Crippen LogP contribution < -0.4 is 10.6 Å². The molecule has 0 amide bonds. The Kier molecular flexibility index (Phi) is 13.9. The Morgan fingerprint density at radius 1 is 1.22 bits per heavy atom. The maximum atomic E-state index is 4.30. The van der Waals surface area contributed by atoms with Gasteiger partial charge in [-0.25, -0.2) is 0 Å². The van der Waals surface area contributed by atoms with E-state index in [4.69, 9.17) is 0 Å². The van der Waals surface area contributed by atoms with E-state index in [2.05, 4.69) is 47.5 Å². The molecule has 0 bridgehead atoms. The van der Waals surface area contributed by atoms with Gasteiger partial charge < -0.3 is 15.5 Å². The largest absolute Gasteiger partial charge is 0.356 e. The van der Waals surface area contributed by atoms with Crippen molar-refractivity contribution in [2.75, 3.05) is 33.7 Å². The molecule has 1 aliphatic rings. The highest BCUT2D eigenvalue weighted by atomic mass is 127.